The molecule has 0 atom stereocenters. The predicted molar refractivity (Wildman–Crippen MR) is 114 cm³/mol. The molecule has 3 aromatic carbocycles. The molecule has 0 aliphatic carbocycles. The summed E-state index contributed by atoms with van der Waals surface area (Å²) in [5.41, 5.74) is 4.95. The molecule has 4 nitrogen and oxygen atoms in total. The Hall–Kier alpha value is -3.37. The number of hydrogen-bond donors (Lipinski definition) is 1. The van der Waals surface area contributed by atoms with Gasteiger partial charge in [-0.2, -0.15) is 5.10 Å². The Bertz CT molecular complexity index is 967. The van der Waals surface area contributed by atoms with Gasteiger partial charge < -0.3 is 4.74 Å². The van der Waals surface area contributed by atoms with Gasteiger partial charge in [-0.1, -0.05) is 72.3 Å². The molecule has 0 saturated carbocycles. The van der Waals surface area contributed by atoms with E-state index in [-0.39, 0.29) is 5.91 Å². The number of amides is 1. The van der Waals surface area contributed by atoms with E-state index in [1.807, 2.05) is 54.6 Å². The number of nitrogens with one attached hydrogen (secondary N) is 1. The zero-order chi connectivity index (χ0) is 19.6. The smallest absolute Gasteiger partial charge is 0.275 e. The largest absolute Gasteiger partial charge is 0.488 e. The second-order valence-electron chi connectivity index (χ2n) is 5.90. The molecule has 0 spiro atoms. The lowest BCUT2D eigenvalue weighted by atomic mass is 10.2. The van der Waals surface area contributed by atoms with Gasteiger partial charge in [0.15, 0.2) is 0 Å². The number of benzene rings is 3. The van der Waals surface area contributed by atoms with Crippen LogP contribution in [0.2, 0.25) is 5.02 Å². The SMILES string of the molecule is O=C(N/N=C/C=C/c1ccccc1)c1ccccc1OCc1ccc(Cl)cc1. The number of hydrazone groups is 1. The van der Waals surface area contributed by atoms with E-state index in [9.17, 15) is 4.79 Å². The number of carbonyl (C=O) groups is 1. The first-order chi connectivity index (χ1) is 13.7. The summed E-state index contributed by atoms with van der Waals surface area (Å²) >= 11 is 5.89. The van der Waals surface area contributed by atoms with Crippen molar-refractivity contribution >= 4 is 29.8 Å². The Morgan fingerprint density at radius 2 is 1.68 bits per heavy atom. The molecular formula is C23H19ClN2O2. The summed E-state index contributed by atoms with van der Waals surface area (Å²) in [6.07, 6.45) is 5.19. The fourth-order valence-corrected chi connectivity index (χ4v) is 2.57. The highest BCUT2D eigenvalue weighted by Crippen LogP contribution is 2.20. The summed E-state index contributed by atoms with van der Waals surface area (Å²) < 4.78 is 5.80. The molecular weight excluding hydrogens is 372 g/mol. The van der Waals surface area contributed by atoms with Gasteiger partial charge >= 0.3 is 0 Å². The van der Waals surface area contributed by atoms with Gasteiger partial charge in [0.05, 0.1) is 5.56 Å². The van der Waals surface area contributed by atoms with Gasteiger partial charge in [0, 0.05) is 11.2 Å². The van der Waals surface area contributed by atoms with Crippen molar-refractivity contribution < 1.29 is 9.53 Å². The van der Waals surface area contributed by atoms with Crippen molar-refractivity contribution in [2.45, 2.75) is 6.61 Å². The fraction of sp³-hybridized carbons (Fsp3) is 0.0435. The van der Waals surface area contributed by atoms with Crippen LogP contribution in [0.25, 0.3) is 6.08 Å². The van der Waals surface area contributed by atoms with Crippen molar-refractivity contribution in [3.05, 3.63) is 107 Å². The van der Waals surface area contributed by atoms with Crippen molar-refractivity contribution in [2.24, 2.45) is 5.10 Å². The summed E-state index contributed by atoms with van der Waals surface area (Å²) in [6, 6.07) is 24.3. The predicted octanol–water partition coefficient (Wildman–Crippen LogP) is 5.35. The van der Waals surface area contributed by atoms with Crippen molar-refractivity contribution in [1.82, 2.24) is 5.43 Å². The summed E-state index contributed by atoms with van der Waals surface area (Å²) in [6.45, 7) is 0.338. The number of rotatable bonds is 7. The molecule has 0 unspecified atom stereocenters. The minimum Gasteiger partial charge on any atom is -0.488 e. The number of para-hydroxylation sites is 1. The minimum absolute atomic E-state index is 0.337. The van der Waals surface area contributed by atoms with Gasteiger partial charge in [0.2, 0.25) is 0 Å². The van der Waals surface area contributed by atoms with Crippen LogP contribution < -0.4 is 10.2 Å². The van der Waals surface area contributed by atoms with E-state index in [1.54, 1.807) is 36.4 Å². The number of carbonyl (C=O) groups excluding carboxylic acids is 1. The minimum atomic E-state index is -0.337. The Balaban J connectivity index is 1.58. The van der Waals surface area contributed by atoms with Crippen molar-refractivity contribution in [1.29, 1.82) is 0 Å². The first-order valence-electron chi connectivity index (χ1n) is 8.74. The number of allylic oxidation sites excluding steroid dienone is 1. The van der Waals surface area contributed by atoms with E-state index < -0.39 is 0 Å². The van der Waals surface area contributed by atoms with Crippen LogP contribution in [-0.4, -0.2) is 12.1 Å². The third kappa shape index (κ3) is 5.83. The summed E-state index contributed by atoms with van der Waals surface area (Å²) in [5.74, 6) is 0.154. The lowest BCUT2D eigenvalue weighted by molar-refractivity contribution is 0.0950. The van der Waals surface area contributed by atoms with Crippen molar-refractivity contribution in [2.75, 3.05) is 0 Å². The molecule has 0 aliphatic rings. The van der Waals surface area contributed by atoms with Gasteiger partial charge in [-0.05, 0) is 41.5 Å². The third-order valence-corrected chi connectivity index (χ3v) is 4.11. The van der Waals surface area contributed by atoms with E-state index in [1.165, 1.54) is 6.21 Å². The normalized spacial score (nSPS) is 11.0. The molecule has 0 saturated heterocycles. The first kappa shape index (κ1) is 19.4. The van der Waals surface area contributed by atoms with E-state index in [4.69, 9.17) is 16.3 Å². The van der Waals surface area contributed by atoms with Gasteiger partial charge in [0.25, 0.3) is 5.91 Å². The zero-order valence-electron chi connectivity index (χ0n) is 15.1. The van der Waals surface area contributed by atoms with Gasteiger partial charge in [-0.15, -0.1) is 0 Å². The van der Waals surface area contributed by atoms with Crippen molar-refractivity contribution in [3.63, 3.8) is 0 Å². The van der Waals surface area contributed by atoms with E-state index in [0.717, 1.165) is 11.1 Å². The molecule has 0 radical (unpaired) electrons. The molecule has 140 valence electrons. The molecule has 0 aromatic heterocycles. The number of halogens is 1. The highest BCUT2D eigenvalue weighted by molar-refractivity contribution is 6.30. The lowest BCUT2D eigenvalue weighted by Crippen LogP contribution is -2.18. The second kappa shape index (κ2) is 10.1. The lowest BCUT2D eigenvalue weighted by Gasteiger charge is -2.10. The topological polar surface area (TPSA) is 50.7 Å². The number of hydrogen-bond acceptors (Lipinski definition) is 3. The standard InChI is InChI=1S/C23H19ClN2O2/c24-20-14-12-19(13-15-20)17-28-22-11-5-4-10-21(22)23(27)26-25-16-6-9-18-7-2-1-3-8-18/h1-16H,17H2,(H,26,27)/b9-6+,25-16+. The summed E-state index contributed by atoms with van der Waals surface area (Å²) in [4.78, 5) is 12.4. The average Bonchev–Trinajstić information content (AvgIpc) is 2.74. The molecule has 3 aromatic rings. The average molecular weight is 391 g/mol. The molecule has 0 aliphatic heterocycles. The third-order valence-electron chi connectivity index (χ3n) is 3.85. The fourth-order valence-electron chi connectivity index (χ4n) is 2.44. The first-order valence-corrected chi connectivity index (χ1v) is 9.11. The van der Waals surface area contributed by atoms with Crippen LogP contribution >= 0.6 is 11.6 Å². The quantitative estimate of drug-likeness (QED) is 0.436. The molecule has 1 amide bonds. The van der Waals surface area contributed by atoms with Crippen LogP contribution in [0.15, 0.2) is 90.0 Å². The van der Waals surface area contributed by atoms with E-state index >= 15 is 0 Å². The number of ether oxygens (including phenoxy) is 1. The highest BCUT2D eigenvalue weighted by Gasteiger charge is 2.11. The summed E-state index contributed by atoms with van der Waals surface area (Å²) in [7, 11) is 0. The molecule has 0 bridgehead atoms. The van der Waals surface area contributed by atoms with E-state index in [0.29, 0.717) is 22.9 Å². The molecule has 28 heavy (non-hydrogen) atoms. The maximum atomic E-state index is 12.4. The molecule has 0 fully saturated rings. The Morgan fingerprint density at radius 1 is 0.964 bits per heavy atom. The van der Waals surface area contributed by atoms with Crippen LogP contribution in [0.3, 0.4) is 0 Å². The van der Waals surface area contributed by atoms with Crippen LogP contribution in [-0.2, 0) is 6.61 Å². The Kier molecular flexibility index (Phi) is 6.99. The van der Waals surface area contributed by atoms with Gasteiger partial charge in [-0.3, -0.25) is 4.79 Å². The van der Waals surface area contributed by atoms with Crippen molar-refractivity contribution in [3.8, 4) is 5.75 Å². The summed E-state index contributed by atoms with van der Waals surface area (Å²) in [5, 5.41) is 4.62. The van der Waals surface area contributed by atoms with Crippen LogP contribution in [0.4, 0.5) is 0 Å². The van der Waals surface area contributed by atoms with Gasteiger partial charge in [0.1, 0.15) is 12.4 Å². The molecule has 0 heterocycles. The molecule has 5 heteroatoms. The maximum Gasteiger partial charge on any atom is 0.275 e. The maximum absolute atomic E-state index is 12.4. The highest BCUT2D eigenvalue weighted by atomic mass is 35.5. The monoisotopic (exact) mass is 390 g/mol. The second-order valence-corrected chi connectivity index (χ2v) is 6.34. The van der Waals surface area contributed by atoms with Gasteiger partial charge in [-0.25, -0.2) is 5.43 Å². The van der Waals surface area contributed by atoms with E-state index in [2.05, 4.69) is 10.5 Å². The van der Waals surface area contributed by atoms with Crippen LogP contribution in [0.1, 0.15) is 21.5 Å². The Morgan fingerprint density at radius 3 is 2.46 bits per heavy atom. The number of nitrogens with zero attached hydrogens (tertiary/aromatic N) is 1. The van der Waals surface area contributed by atoms with Crippen LogP contribution in [0.5, 0.6) is 5.75 Å². The molecule has 1 N–H and O–H groups in total. The Labute approximate surface area is 169 Å². The van der Waals surface area contributed by atoms with Crippen LogP contribution in [0, 0.1) is 0 Å². The zero-order valence-corrected chi connectivity index (χ0v) is 15.8. The molecule has 3 rings (SSSR count).